The Morgan fingerprint density at radius 1 is 1.43 bits per heavy atom. The van der Waals surface area contributed by atoms with Crippen LogP contribution in [-0.4, -0.2) is 9.97 Å². The van der Waals surface area contributed by atoms with Gasteiger partial charge in [-0.15, -0.1) is 0 Å². The van der Waals surface area contributed by atoms with E-state index in [-0.39, 0.29) is 0 Å². The normalized spacial score (nSPS) is 10.5. The molecule has 0 saturated carbocycles. The molecule has 14 heavy (non-hydrogen) atoms. The Morgan fingerprint density at radius 3 is 2.79 bits per heavy atom. The van der Waals surface area contributed by atoms with E-state index < -0.39 is 0 Å². The van der Waals surface area contributed by atoms with Crippen LogP contribution in [-0.2, 0) is 0 Å². The molecule has 5 heteroatoms. The zero-order valence-corrected chi connectivity index (χ0v) is 11.0. The monoisotopic (exact) mass is 336 g/mol. The number of halogens is 2. The maximum atomic E-state index is 5.98. The second-order valence-electron chi connectivity index (χ2n) is 2.75. The highest BCUT2D eigenvalue weighted by Crippen LogP contribution is 2.24. The molecular formula is C9H6ClIN2S. The second-order valence-corrected chi connectivity index (χ2v) is 4.97. The van der Waals surface area contributed by atoms with Gasteiger partial charge in [-0.05, 0) is 41.0 Å². The van der Waals surface area contributed by atoms with Crippen LogP contribution in [0.1, 0.15) is 5.69 Å². The summed E-state index contributed by atoms with van der Waals surface area (Å²) >= 11 is 9.76. The number of rotatable bonds is 1. The van der Waals surface area contributed by atoms with Gasteiger partial charge in [0.05, 0.1) is 9.26 Å². The van der Waals surface area contributed by atoms with Crippen molar-refractivity contribution in [2.24, 2.45) is 0 Å². The zero-order valence-electron chi connectivity index (χ0n) is 7.29. The summed E-state index contributed by atoms with van der Waals surface area (Å²) in [6, 6.07) is 1.99. The first-order valence-corrected chi connectivity index (χ1v) is 6.30. The number of aromatic nitrogens is 2. The van der Waals surface area contributed by atoms with E-state index in [4.69, 9.17) is 11.6 Å². The summed E-state index contributed by atoms with van der Waals surface area (Å²) in [5.74, 6) is 0.703. The summed E-state index contributed by atoms with van der Waals surface area (Å²) in [6.07, 6.45) is 0. The largest absolute Gasteiger partial charge is 0.232 e. The molecule has 0 atom stereocenters. The molecule has 2 aromatic rings. The molecule has 2 aromatic heterocycles. The Labute approximate surface area is 104 Å². The van der Waals surface area contributed by atoms with Gasteiger partial charge in [0.1, 0.15) is 5.15 Å². The van der Waals surface area contributed by atoms with Gasteiger partial charge < -0.3 is 0 Å². The summed E-state index contributed by atoms with van der Waals surface area (Å²) in [7, 11) is 0. The minimum atomic E-state index is 0.527. The van der Waals surface area contributed by atoms with Gasteiger partial charge in [0.2, 0.25) is 0 Å². The van der Waals surface area contributed by atoms with E-state index in [0.29, 0.717) is 11.0 Å². The van der Waals surface area contributed by atoms with Gasteiger partial charge in [-0.3, -0.25) is 0 Å². The average Bonchev–Trinajstić information content (AvgIpc) is 2.66. The quantitative estimate of drug-likeness (QED) is 0.585. The fraction of sp³-hybridized carbons (Fsp3) is 0.111. The predicted octanol–water partition coefficient (Wildman–Crippen LogP) is 3.77. The topological polar surface area (TPSA) is 25.8 Å². The molecule has 0 amide bonds. The molecule has 0 spiro atoms. The molecule has 0 bridgehead atoms. The highest BCUT2D eigenvalue weighted by molar-refractivity contribution is 14.1. The SMILES string of the molecule is Cc1nc(-c2ccsc2)nc(Cl)c1I. The standard InChI is InChI=1S/C9H6ClIN2S/c1-5-7(11)8(10)13-9(12-5)6-2-3-14-4-6/h2-4H,1H3. The van der Waals surface area contributed by atoms with E-state index in [1.807, 2.05) is 23.8 Å². The summed E-state index contributed by atoms with van der Waals surface area (Å²) in [6.45, 7) is 1.94. The number of thiophene rings is 1. The summed E-state index contributed by atoms with van der Waals surface area (Å²) < 4.78 is 0.920. The molecule has 0 fully saturated rings. The molecule has 0 aromatic carbocycles. The van der Waals surface area contributed by atoms with Crippen molar-refractivity contribution < 1.29 is 0 Å². The van der Waals surface area contributed by atoms with Gasteiger partial charge in [0.15, 0.2) is 5.82 Å². The lowest BCUT2D eigenvalue weighted by Crippen LogP contribution is -1.95. The Balaban J connectivity index is 2.57. The van der Waals surface area contributed by atoms with Crippen molar-refractivity contribution in [3.05, 3.63) is 31.2 Å². The van der Waals surface area contributed by atoms with E-state index in [0.717, 1.165) is 14.8 Å². The van der Waals surface area contributed by atoms with E-state index in [2.05, 4.69) is 32.6 Å². The molecule has 0 aliphatic carbocycles. The molecule has 2 rings (SSSR count). The van der Waals surface area contributed by atoms with Crippen molar-refractivity contribution in [2.45, 2.75) is 6.92 Å². The van der Waals surface area contributed by atoms with E-state index in [1.54, 1.807) is 11.3 Å². The first-order valence-electron chi connectivity index (χ1n) is 3.90. The molecular weight excluding hydrogens is 331 g/mol. The van der Waals surface area contributed by atoms with Crippen molar-refractivity contribution in [1.29, 1.82) is 0 Å². The van der Waals surface area contributed by atoms with Gasteiger partial charge in [-0.25, -0.2) is 9.97 Å². The highest BCUT2D eigenvalue weighted by Gasteiger charge is 2.08. The van der Waals surface area contributed by atoms with Gasteiger partial charge in [0.25, 0.3) is 0 Å². The Hall–Kier alpha value is -0.200. The predicted molar refractivity (Wildman–Crippen MR) is 67.8 cm³/mol. The minimum Gasteiger partial charge on any atom is -0.232 e. The van der Waals surface area contributed by atoms with Crippen LogP contribution in [0, 0.1) is 10.5 Å². The first-order chi connectivity index (χ1) is 6.68. The molecule has 0 saturated heterocycles. The van der Waals surface area contributed by atoms with E-state index >= 15 is 0 Å². The van der Waals surface area contributed by atoms with Crippen LogP contribution in [0.4, 0.5) is 0 Å². The van der Waals surface area contributed by atoms with E-state index in [9.17, 15) is 0 Å². The van der Waals surface area contributed by atoms with Gasteiger partial charge >= 0.3 is 0 Å². The van der Waals surface area contributed by atoms with Crippen LogP contribution in [0.5, 0.6) is 0 Å². The molecule has 2 heterocycles. The lowest BCUT2D eigenvalue weighted by Gasteiger charge is -2.02. The fourth-order valence-electron chi connectivity index (χ4n) is 1.05. The van der Waals surface area contributed by atoms with Crippen molar-refractivity contribution in [3.63, 3.8) is 0 Å². The number of hydrogen-bond donors (Lipinski definition) is 0. The Morgan fingerprint density at radius 2 is 2.21 bits per heavy atom. The second kappa shape index (κ2) is 4.12. The smallest absolute Gasteiger partial charge is 0.161 e. The van der Waals surface area contributed by atoms with E-state index in [1.165, 1.54) is 0 Å². The number of nitrogens with zero attached hydrogens (tertiary/aromatic N) is 2. The lowest BCUT2D eigenvalue weighted by atomic mass is 10.3. The maximum absolute atomic E-state index is 5.98. The third kappa shape index (κ3) is 1.92. The molecule has 0 N–H and O–H groups in total. The molecule has 72 valence electrons. The van der Waals surface area contributed by atoms with Crippen molar-refractivity contribution in [3.8, 4) is 11.4 Å². The summed E-state index contributed by atoms with van der Waals surface area (Å²) in [5, 5.41) is 4.54. The van der Waals surface area contributed by atoms with Crippen molar-refractivity contribution in [2.75, 3.05) is 0 Å². The van der Waals surface area contributed by atoms with Gasteiger partial charge in [0, 0.05) is 10.9 Å². The minimum absolute atomic E-state index is 0.527. The lowest BCUT2D eigenvalue weighted by molar-refractivity contribution is 1.09. The third-order valence-electron chi connectivity index (χ3n) is 1.76. The van der Waals surface area contributed by atoms with Gasteiger partial charge in [-0.1, -0.05) is 11.6 Å². The average molecular weight is 337 g/mol. The molecule has 2 nitrogen and oxygen atoms in total. The Kier molecular flexibility index (Phi) is 3.04. The molecule has 0 aliphatic heterocycles. The van der Waals surface area contributed by atoms with Crippen LogP contribution >= 0.6 is 45.5 Å². The summed E-state index contributed by atoms with van der Waals surface area (Å²) in [4.78, 5) is 8.61. The van der Waals surface area contributed by atoms with Crippen LogP contribution in [0.25, 0.3) is 11.4 Å². The molecule has 0 unspecified atom stereocenters. The maximum Gasteiger partial charge on any atom is 0.161 e. The Bertz CT molecular complexity index is 433. The highest BCUT2D eigenvalue weighted by atomic mass is 127. The van der Waals surface area contributed by atoms with Gasteiger partial charge in [-0.2, -0.15) is 11.3 Å². The molecule has 0 radical (unpaired) electrons. The number of aryl methyl sites for hydroxylation is 1. The van der Waals surface area contributed by atoms with Crippen LogP contribution in [0.15, 0.2) is 16.8 Å². The third-order valence-corrected chi connectivity index (χ3v) is 4.32. The number of hydrogen-bond acceptors (Lipinski definition) is 3. The van der Waals surface area contributed by atoms with Crippen molar-refractivity contribution >= 4 is 45.5 Å². The van der Waals surface area contributed by atoms with Crippen LogP contribution in [0.2, 0.25) is 5.15 Å². The zero-order chi connectivity index (χ0) is 10.1. The van der Waals surface area contributed by atoms with Crippen LogP contribution in [0.3, 0.4) is 0 Å². The van der Waals surface area contributed by atoms with Crippen LogP contribution < -0.4 is 0 Å². The molecule has 0 aliphatic rings. The fourth-order valence-corrected chi connectivity index (χ4v) is 2.14. The first kappa shape index (κ1) is 10.3. The summed E-state index contributed by atoms with van der Waals surface area (Å²) in [5.41, 5.74) is 1.95. The van der Waals surface area contributed by atoms with Crippen molar-refractivity contribution in [1.82, 2.24) is 9.97 Å².